The van der Waals surface area contributed by atoms with Crippen molar-refractivity contribution < 1.29 is 10.2 Å². The third-order valence-electron chi connectivity index (χ3n) is 2.93. The van der Waals surface area contributed by atoms with Gasteiger partial charge in [0.15, 0.2) is 11.5 Å². The van der Waals surface area contributed by atoms with Gasteiger partial charge in [0.2, 0.25) is 0 Å². The summed E-state index contributed by atoms with van der Waals surface area (Å²) in [5.74, 6) is -0.111. The minimum atomic E-state index is -0.0721. The van der Waals surface area contributed by atoms with Crippen molar-refractivity contribution in [1.29, 1.82) is 0 Å². The van der Waals surface area contributed by atoms with Gasteiger partial charge in [-0.3, -0.25) is 0 Å². The molecule has 0 aliphatic rings. The van der Waals surface area contributed by atoms with Crippen LogP contribution in [0.2, 0.25) is 0 Å². The van der Waals surface area contributed by atoms with Crippen LogP contribution in [0.15, 0.2) is 24.3 Å². The first kappa shape index (κ1) is 12.9. The molecule has 1 aromatic carbocycles. The van der Waals surface area contributed by atoms with Gasteiger partial charge < -0.3 is 15.5 Å². The second-order valence-corrected chi connectivity index (χ2v) is 5.68. The number of rotatable bonds is 4. The highest BCUT2D eigenvalue weighted by Crippen LogP contribution is 2.28. The van der Waals surface area contributed by atoms with E-state index in [0.29, 0.717) is 12.1 Å². The van der Waals surface area contributed by atoms with Crippen molar-refractivity contribution in [2.24, 2.45) is 0 Å². The van der Waals surface area contributed by atoms with Crippen molar-refractivity contribution in [3.05, 3.63) is 45.1 Å². The molecule has 0 amide bonds. The number of hydrogen-bond donors (Lipinski definition) is 3. The third-order valence-corrected chi connectivity index (χ3v) is 4.08. The third kappa shape index (κ3) is 2.83. The van der Waals surface area contributed by atoms with Crippen LogP contribution in [0, 0.1) is 13.8 Å². The van der Waals surface area contributed by atoms with Crippen molar-refractivity contribution >= 4 is 11.3 Å². The normalized spacial score (nSPS) is 10.8. The summed E-state index contributed by atoms with van der Waals surface area (Å²) < 4.78 is 0. The molecule has 0 spiro atoms. The Balaban J connectivity index is 1.94. The molecular weight excluding hydrogens is 246 g/mol. The van der Waals surface area contributed by atoms with Crippen molar-refractivity contribution in [3.8, 4) is 11.5 Å². The van der Waals surface area contributed by atoms with Gasteiger partial charge in [-0.2, -0.15) is 0 Å². The van der Waals surface area contributed by atoms with Gasteiger partial charge in [-0.25, -0.2) is 0 Å². The van der Waals surface area contributed by atoms with Crippen LogP contribution in [0.4, 0.5) is 0 Å². The number of aromatic hydroxyl groups is 2. The van der Waals surface area contributed by atoms with Crippen LogP contribution >= 0.6 is 11.3 Å². The molecule has 0 aliphatic carbocycles. The molecule has 2 rings (SSSR count). The maximum Gasteiger partial charge on any atom is 0.161 e. The van der Waals surface area contributed by atoms with E-state index in [1.807, 2.05) is 0 Å². The van der Waals surface area contributed by atoms with E-state index >= 15 is 0 Å². The predicted molar refractivity (Wildman–Crippen MR) is 74.1 cm³/mol. The van der Waals surface area contributed by atoms with E-state index < -0.39 is 0 Å². The molecule has 0 atom stereocenters. The molecule has 0 radical (unpaired) electrons. The molecule has 0 bridgehead atoms. The molecule has 1 aromatic heterocycles. The summed E-state index contributed by atoms with van der Waals surface area (Å²) in [7, 11) is 0. The van der Waals surface area contributed by atoms with Gasteiger partial charge in [0, 0.05) is 28.4 Å². The minimum Gasteiger partial charge on any atom is -0.504 e. The van der Waals surface area contributed by atoms with E-state index in [1.165, 1.54) is 21.4 Å². The maximum absolute atomic E-state index is 9.66. The quantitative estimate of drug-likeness (QED) is 0.743. The Bertz CT molecular complexity index is 529. The van der Waals surface area contributed by atoms with Crippen LogP contribution < -0.4 is 5.32 Å². The Morgan fingerprint density at radius 2 is 1.94 bits per heavy atom. The van der Waals surface area contributed by atoms with Crippen LogP contribution in [-0.2, 0) is 13.1 Å². The second-order valence-electron chi connectivity index (χ2n) is 4.34. The number of aryl methyl sites for hydroxylation is 2. The first-order chi connectivity index (χ1) is 8.58. The lowest BCUT2D eigenvalue weighted by Crippen LogP contribution is -2.11. The first-order valence-corrected chi connectivity index (χ1v) is 6.66. The standard InChI is InChI=1S/C14H17NO2S/c1-9-6-12(18-10(9)2)8-15-7-11-4-3-5-13(16)14(11)17/h3-6,15-17H,7-8H2,1-2H3. The minimum absolute atomic E-state index is 0.0384. The van der Waals surface area contributed by atoms with Crippen molar-refractivity contribution in [3.63, 3.8) is 0 Å². The summed E-state index contributed by atoms with van der Waals surface area (Å²) in [5.41, 5.74) is 2.03. The van der Waals surface area contributed by atoms with Crippen LogP contribution in [-0.4, -0.2) is 10.2 Å². The fourth-order valence-electron chi connectivity index (χ4n) is 1.78. The molecule has 96 valence electrons. The molecule has 18 heavy (non-hydrogen) atoms. The summed E-state index contributed by atoms with van der Waals surface area (Å²) >= 11 is 1.78. The lowest BCUT2D eigenvalue weighted by Gasteiger charge is -2.06. The average molecular weight is 263 g/mol. The Labute approximate surface area is 111 Å². The van der Waals surface area contributed by atoms with E-state index in [-0.39, 0.29) is 11.5 Å². The molecule has 0 unspecified atom stereocenters. The Morgan fingerprint density at radius 3 is 2.61 bits per heavy atom. The van der Waals surface area contributed by atoms with Crippen LogP contribution in [0.25, 0.3) is 0 Å². The van der Waals surface area contributed by atoms with E-state index in [9.17, 15) is 10.2 Å². The lowest BCUT2D eigenvalue weighted by molar-refractivity contribution is 0.398. The largest absolute Gasteiger partial charge is 0.504 e. The summed E-state index contributed by atoms with van der Waals surface area (Å²) in [4.78, 5) is 2.62. The van der Waals surface area contributed by atoms with Crippen molar-refractivity contribution in [2.75, 3.05) is 0 Å². The Morgan fingerprint density at radius 1 is 1.17 bits per heavy atom. The van der Waals surface area contributed by atoms with Gasteiger partial charge in [-0.15, -0.1) is 11.3 Å². The smallest absolute Gasteiger partial charge is 0.161 e. The van der Waals surface area contributed by atoms with Gasteiger partial charge in [-0.1, -0.05) is 12.1 Å². The first-order valence-electron chi connectivity index (χ1n) is 5.84. The number of benzene rings is 1. The Hall–Kier alpha value is -1.52. The van der Waals surface area contributed by atoms with E-state index in [2.05, 4.69) is 25.2 Å². The van der Waals surface area contributed by atoms with Crippen molar-refractivity contribution in [2.45, 2.75) is 26.9 Å². The highest BCUT2D eigenvalue weighted by molar-refractivity contribution is 7.12. The zero-order valence-corrected chi connectivity index (χ0v) is 11.3. The summed E-state index contributed by atoms with van der Waals surface area (Å²) in [6, 6.07) is 7.18. The summed E-state index contributed by atoms with van der Waals surface area (Å²) in [6.07, 6.45) is 0. The number of para-hydroxylation sites is 1. The topological polar surface area (TPSA) is 52.5 Å². The van der Waals surface area contributed by atoms with Gasteiger partial charge in [0.05, 0.1) is 0 Å². The molecule has 2 aromatic rings. The number of phenolic OH excluding ortho intramolecular Hbond substituents is 2. The van der Waals surface area contributed by atoms with Crippen LogP contribution in [0.5, 0.6) is 11.5 Å². The van der Waals surface area contributed by atoms with Crippen molar-refractivity contribution in [1.82, 2.24) is 5.32 Å². The lowest BCUT2D eigenvalue weighted by atomic mass is 10.2. The monoisotopic (exact) mass is 263 g/mol. The molecule has 0 saturated heterocycles. The SMILES string of the molecule is Cc1cc(CNCc2cccc(O)c2O)sc1C. The number of phenols is 2. The van der Waals surface area contributed by atoms with Gasteiger partial charge in [0.1, 0.15) is 0 Å². The predicted octanol–water partition coefficient (Wildman–Crippen LogP) is 3.07. The van der Waals surface area contributed by atoms with Gasteiger partial charge >= 0.3 is 0 Å². The number of hydrogen-bond acceptors (Lipinski definition) is 4. The highest BCUT2D eigenvalue weighted by atomic mass is 32.1. The molecule has 0 aliphatic heterocycles. The second kappa shape index (κ2) is 5.42. The van der Waals surface area contributed by atoms with Gasteiger partial charge in [0.25, 0.3) is 0 Å². The van der Waals surface area contributed by atoms with E-state index in [1.54, 1.807) is 23.5 Å². The zero-order chi connectivity index (χ0) is 13.1. The fourth-order valence-corrected chi connectivity index (χ4v) is 2.80. The molecule has 3 N–H and O–H groups in total. The summed E-state index contributed by atoms with van der Waals surface area (Å²) in [6.45, 7) is 5.53. The number of thiophene rings is 1. The molecular formula is C14H17NO2S. The molecule has 0 fully saturated rings. The highest BCUT2D eigenvalue weighted by Gasteiger charge is 2.06. The van der Waals surface area contributed by atoms with Crippen LogP contribution in [0.1, 0.15) is 20.9 Å². The average Bonchev–Trinajstić information content (AvgIpc) is 2.64. The molecule has 4 heteroatoms. The van der Waals surface area contributed by atoms with E-state index in [0.717, 1.165) is 6.54 Å². The number of nitrogens with one attached hydrogen (secondary N) is 1. The molecule has 3 nitrogen and oxygen atoms in total. The van der Waals surface area contributed by atoms with Gasteiger partial charge in [-0.05, 0) is 31.5 Å². The van der Waals surface area contributed by atoms with E-state index in [4.69, 9.17) is 0 Å². The zero-order valence-electron chi connectivity index (χ0n) is 10.5. The molecule has 1 heterocycles. The molecule has 0 saturated carbocycles. The maximum atomic E-state index is 9.66. The summed E-state index contributed by atoms with van der Waals surface area (Å²) in [5, 5.41) is 22.3. The fraction of sp³-hybridized carbons (Fsp3) is 0.286. The van der Waals surface area contributed by atoms with Crippen LogP contribution in [0.3, 0.4) is 0 Å². The Kier molecular flexibility index (Phi) is 3.89.